The summed E-state index contributed by atoms with van der Waals surface area (Å²) in [7, 11) is 0. The number of benzene rings is 1. The standard InChI is InChI=1S/C17H21NO4/c1-11(2)9-14-15(17(14,3)4)16(19)22-10-12-5-7-13(8-6-12)18(20)21/h5-9,14-15H,10H2,1-4H3/t14-,15+/m1/s1. The second-order valence-corrected chi connectivity index (χ2v) is 6.60. The summed E-state index contributed by atoms with van der Waals surface area (Å²) in [5, 5.41) is 10.6. The van der Waals surface area contributed by atoms with Gasteiger partial charge in [0.1, 0.15) is 6.61 Å². The molecule has 2 atom stereocenters. The molecular formula is C17H21NO4. The third-order valence-corrected chi connectivity index (χ3v) is 4.21. The van der Waals surface area contributed by atoms with E-state index in [2.05, 4.69) is 19.9 Å². The van der Waals surface area contributed by atoms with Crippen LogP contribution in [-0.4, -0.2) is 10.9 Å². The Morgan fingerprint density at radius 2 is 1.91 bits per heavy atom. The molecule has 0 saturated heterocycles. The molecule has 5 nitrogen and oxygen atoms in total. The molecule has 0 N–H and O–H groups in total. The van der Waals surface area contributed by atoms with E-state index in [1.165, 1.54) is 17.7 Å². The Hall–Kier alpha value is -2.17. The van der Waals surface area contributed by atoms with E-state index in [4.69, 9.17) is 4.74 Å². The van der Waals surface area contributed by atoms with Crippen LogP contribution in [0.15, 0.2) is 35.9 Å². The Bertz CT molecular complexity index is 612. The van der Waals surface area contributed by atoms with Crippen molar-refractivity contribution in [2.75, 3.05) is 0 Å². The van der Waals surface area contributed by atoms with Gasteiger partial charge < -0.3 is 4.74 Å². The van der Waals surface area contributed by atoms with E-state index in [9.17, 15) is 14.9 Å². The van der Waals surface area contributed by atoms with Gasteiger partial charge in [0.05, 0.1) is 10.8 Å². The minimum Gasteiger partial charge on any atom is -0.461 e. The molecule has 1 aliphatic carbocycles. The van der Waals surface area contributed by atoms with Crippen LogP contribution in [0.2, 0.25) is 0 Å². The SMILES string of the molecule is CC(C)=C[C@@H]1[C@@H](C(=O)OCc2ccc([N+](=O)[O-])cc2)C1(C)C. The normalized spacial score (nSPS) is 21.8. The maximum atomic E-state index is 12.2. The van der Waals surface area contributed by atoms with Crippen LogP contribution >= 0.6 is 0 Å². The molecule has 0 heterocycles. The molecule has 0 spiro atoms. The highest BCUT2D eigenvalue weighted by Crippen LogP contribution is 2.59. The first-order chi connectivity index (χ1) is 10.2. The highest BCUT2D eigenvalue weighted by molar-refractivity contribution is 5.78. The predicted molar refractivity (Wildman–Crippen MR) is 83.1 cm³/mol. The summed E-state index contributed by atoms with van der Waals surface area (Å²) in [6, 6.07) is 6.04. The summed E-state index contributed by atoms with van der Waals surface area (Å²) >= 11 is 0. The van der Waals surface area contributed by atoms with Gasteiger partial charge in [0.2, 0.25) is 0 Å². The topological polar surface area (TPSA) is 69.4 Å². The number of allylic oxidation sites excluding steroid dienone is 2. The lowest BCUT2D eigenvalue weighted by Gasteiger charge is -2.05. The van der Waals surface area contributed by atoms with Crippen LogP contribution in [-0.2, 0) is 16.1 Å². The first kappa shape index (κ1) is 16.2. The second-order valence-electron chi connectivity index (χ2n) is 6.60. The number of rotatable bonds is 5. The number of nitro groups is 1. The van der Waals surface area contributed by atoms with Crippen LogP contribution in [0, 0.1) is 27.4 Å². The molecule has 0 aromatic heterocycles. The van der Waals surface area contributed by atoms with Crippen LogP contribution in [0.5, 0.6) is 0 Å². The number of carbonyl (C=O) groups is 1. The molecule has 1 fully saturated rings. The Labute approximate surface area is 130 Å². The third kappa shape index (κ3) is 3.35. The quantitative estimate of drug-likeness (QED) is 0.358. The first-order valence-corrected chi connectivity index (χ1v) is 7.28. The molecule has 0 amide bonds. The van der Waals surface area contributed by atoms with Crippen molar-refractivity contribution in [3.05, 3.63) is 51.6 Å². The van der Waals surface area contributed by atoms with Crippen LogP contribution in [0.25, 0.3) is 0 Å². The van der Waals surface area contributed by atoms with Gasteiger partial charge in [-0.1, -0.05) is 25.5 Å². The molecule has 2 rings (SSSR count). The maximum absolute atomic E-state index is 12.2. The number of carbonyl (C=O) groups excluding carboxylic acids is 1. The molecule has 118 valence electrons. The molecule has 1 saturated carbocycles. The summed E-state index contributed by atoms with van der Waals surface area (Å²) in [4.78, 5) is 22.3. The summed E-state index contributed by atoms with van der Waals surface area (Å²) in [6.45, 7) is 8.32. The summed E-state index contributed by atoms with van der Waals surface area (Å²) in [5.74, 6) is -0.0897. The van der Waals surface area contributed by atoms with Crippen molar-refractivity contribution in [2.45, 2.75) is 34.3 Å². The highest BCUT2D eigenvalue weighted by atomic mass is 16.6. The molecular weight excluding hydrogens is 282 g/mol. The monoisotopic (exact) mass is 303 g/mol. The number of ether oxygens (including phenoxy) is 1. The zero-order valence-electron chi connectivity index (χ0n) is 13.3. The maximum Gasteiger partial charge on any atom is 0.310 e. The number of nitro benzene ring substituents is 1. The van der Waals surface area contributed by atoms with Crippen molar-refractivity contribution in [1.29, 1.82) is 0 Å². The smallest absolute Gasteiger partial charge is 0.310 e. The zero-order chi connectivity index (χ0) is 16.5. The fraction of sp³-hybridized carbons (Fsp3) is 0.471. The second kappa shape index (κ2) is 5.91. The van der Waals surface area contributed by atoms with E-state index in [0.29, 0.717) is 0 Å². The Balaban J connectivity index is 1.93. The van der Waals surface area contributed by atoms with E-state index in [0.717, 1.165) is 5.56 Å². The van der Waals surface area contributed by atoms with Gasteiger partial charge in [-0.25, -0.2) is 0 Å². The molecule has 22 heavy (non-hydrogen) atoms. The average molecular weight is 303 g/mol. The van der Waals surface area contributed by atoms with Crippen molar-refractivity contribution in [3.8, 4) is 0 Å². The number of non-ortho nitro benzene ring substituents is 1. The van der Waals surface area contributed by atoms with E-state index >= 15 is 0 Å². The minimum absolute atomic E-state index is 0.0297. The lowest BCUT2D eigenvalue weighted by atomic mass is 10.1. The van der Waals surface area contributed by atoms with Crippen molar-refractivity contribution in [2.24, 2.45) is 17.3 Å². The highest BCUT2D eigenvalue weighted by Gasteiger charge is 2.61. The lowest BCUT2D eigenvalue weighted by Crippen LogP contribution is -2.10. The molecule has 1 aliphatic rings. The van der Waals surface area contributed by atoms with Crippen molar-refractivity contribution in [3.63, 3.8) is 0 Å². The molecule has 5 heteroatoms. The number of hydrogen-bond donors (Lipinski definition) is 0. The molecule has 0 aliphatic heterocycles. The largest absolute Gasteiger partial charge is 0.461 e. The van der Waals surface area contributed by atoms with Gasteiger partial charge in [-0.2, -0.15) is 0 Å². The van der Waals surface area contributed by atoms with Crippen LogP contribution in [0.1, 0.15) is 33.3 Å². The van der Waals surface area contributed by atoms with E-state index in [1.807, 2.05) is 13.8 Å². The minimum atomic E-state index is -0.452. The summed E-state index contributed by atoms with van der Waals surface area (Å²) < 4.78 is 5.36. The van der Waals surface area contributed by atoms with Gasteiger partial charge in [0.25, 0.3) is 5.69 Å². The van der Waals surface area contributed by atoms with Gasteiger partial charge in [0, 0.05) is 12.1 Å². The number of esters is 1. The zero-order valence-corrected chi connectivity index (χ0v) is 13.3. The molecule has 1 aromatic rings. The average Bonchev–Trinajstić information content (AvgIpc) is 2.96. The van der Waals surface area contributed by atoms with Gasteiger partial charge in [0.15, 0.2) is 0 Å². The fourth-order valence-corrected chi connectivity index (χ4v) is 2.76. The number of hydrogen-bond acceptors (Lipinski definition) is 4. The third-order valence-electron chi connectivity index (χ3n) is 4.21. The molecule has 1 aromatic carbocycles. The molecule has 0 radical (unpaired) electrons. The van der Waals surface area contributed by atoms with Gasteiger partial charge in [-0.05, 0) is 42.9 Å². The van der Waals surface area contributed by atoms with Gasteiger partial charge in [-0.3, -0.25) is 14.9 Å². The Kier molecular flexibility index (Phi) is 4.35. The van der Waals surface area contributed by atoms with Gasteiger partial charge >= 0.3 is 5.97 Å². The van der Waals surface area contributed by atoms with Crippen LogP contribution < -0.4 is 0 Å². The van der Waals surface area contributed by atoms with Crippen LogP contribution in [0.4, 0.5) is 5.69 Å². The Morgan fingerprint density at radius 3 is 2.41 bits per heavy atom. The molecule has 0 bridgehead atoms. The fourth-order valence-electron chi connectivity index (χ4n) is 2.76. The Morgan fingerprint density at radius 1 is 1.32 bits per heavy atom. The van der Waals surface area contributed by atoms with Crippen molar-refractivity contribution in [1.82, 2.24) is 0 Å². The van der Waals surface area contributed by atoms with Crippen molar-refractivity contribution >= 4 is 11.7 Å². The van der Waals surface area contributed by atoms with E-state index in [1.54, 1.807) is 12.1 Å². The van der Waals surface area contributed by atoms with Crippen molar-refractivity contribution < 1.29 is 14.5 Å². The van der Waals surface area contributed by atoms with Crippen LogP contribution in [0.3, 0.4) is 0 Å². The van der Waals surface area contributed by atoms with Gasteiger partial charge in [-0.15, -0.1) is 0 Å². The predicted octanol–water partition coefficient (Wildman–Crippen LogP) is 3.88. The number of nitrogens with zero attached hydrogens (tertiary/aromatic N) is 1. The van der Waals surface area contributed by atoms with E-state index in [-0.39, 0.29) is 35.5 Å². The summed E-state index contributed by atoms with van der Waals surface area (Å²) in [5.41, 5.74) is 1.91. The lowest BCUT2D eigenvalue weighted by molar-refractivity contribution is -0.384. The first-order valence-electron chi connectivity index (χ1n) is 7.28. The van der Waals surface area contributed by atoms with E-state index < -0.39 is 4.92 Å². The molecule has 0 unspecified atom stereocenters. The summed E-state index contributed by atoms with van der Waals surface area (Å²) in [6.07, 6.45) is 2.12.